The second kappa shape index (κ2) is 7.78. The lowest BCUT2D eigenvalue weighted by atomic mass is 9.72. The molecule has 2 aromatic heterocycles. The van der Waals surface area contributed by atoms with Crippen molar-refractivity contribution in [3.05, 3.63) is 101 Å². The molecular formula is C24H21BrN4O. The maximum Gasteiger partial charge on any atom is 0.165 e. The fourth-order valence-corrected chi connectivity index (χ4v) is 4.82. The fourth-order valence-electron chi connectivity index (χ4n) is 4.46. The van der Waals surface area contributed by atoms with Gasteiger partial charge in [0.25, 0.3) is 0 Å². The fraction of sp³-hybridized carbons (Fsp3) is 0.208. The van der Waals surface area contributed by atoms with Crippen LogP contribution in [0.25, 0.3) is 11.4 Å². The van der Waals surface area contributed by atoms with E-state index in [0.717, 1.165) is 45.8 Å². The highest BCUT2D eigenvalue weighted by atomic mass is 79.9. The van der Waals surface area contributed by atoms with Gasteiger partial charge in [0.05, 0.1) is 0 Å². The van der Waals surface area contributed by atoms with E-state index in [1.807, 2.05) is 66.7 Å². The summed E-state index contributed by atoms with van der Waals surface area (Å²) in [6, 6.07) is 21.9. The Bertz CT molecular complexity index is 1120. The molecule has 2 aromatic carbocycles. The van der Waals surface area contributed by atoms with Crippen LogP contribution in [0, 0.1) is 5.92 Å². The molecule has 0 saturated carbocycles. The van der Waals surface area contributed by atoms with Crippen molar-refractivity contribution >= 4 is 15.9 Å². The van der Waals surface area contributed by atoms with Gasteiger partial charge in [-0.25, -0.2) is 0 Å². The van der Waals surface area contributed by atoms with Crippen molar-refractivity contribution in [3.63, 3.8) is 0 Å². The van der Waals surface area contributed by atoms with Crippen LogP contribution in [-0.2, 0) is 18.6 Å². The molecule has 0 fully saturated rings. The molecule has 0 saturated heterocycles. The highest BCUT2D eigenvalue weighted by Gasteiger charge is 2.42. The van der Waals surface area contributed by atoms with E-state index in [2.05, 4.69) is 35.7 Å². The molecule has 5 nitrogen and oxygen atoms in total. The van der Waals surface area contributed by atoms with Crippen molar-refractivity contribution in [3.8, 4) is 11.4 Å². The number of benzene rings is 2. The van der Waals surface area contributed by atoms with Gasteiger partial charge < -0.3 is 9.67 Å². The van der Waals surface area contributed by atoms with Gasteiger partial charge in [0.2, 0.25) is 0 Å². The van der Waals surface area contributed by atoms with E-state index in [1.165, 1.54) is 0 Å². The van der Waals surface area contributed by atoms with Gasteiger partial charge in [-0.15, -0.1) is 10.2 Å². The quantitative estimate of drug-likeness (QED) is 0.483. The summed E-state index contributed by atoms with van der Waals surface area (Å²) in [6.45, 7) is 0.747. The van der Waals surface area contributed by atoms with Crippen LogP contribution in [0.3, 0.4) is 0 Å². The normalized spacial score (nSPS) is 16.3. The minimum Gasteiger partial charge on any atom is -0.380 e. The second-order valence-electron chi connectivity index (χ2n) is 7.67. The maximum absolute atomic E-state index is 12.1. The second-order valence-corrected chi connectivity index (χ2v) is 8.59. The predicted octanol–water partition coefficient (Wildman–Crippen LogP) is 4.60. The van der Waals surface area contributed by atoms with Crippen molar-refractivity contribution in [1.29, 1.82) is 0 Å². The lowest BCUT2D eigenvalue weighted by molar-refractivity contribution is 0.00417. The molecule has 30 heavy (non-hydrogen) atoms. The number of hydrogen-bond donors (Lipinski definition) is 1. The Kier molecular flexibility index (Phi) is 4.97. The largest absolute Gasteiger partial charge is 0.380 e. The number of aromatic nitrogens is 4. The molecule has 1 atom stereocenters. The molecule has 1 unspecified atom stereocenters. The summed E-state index contributed by atoms with van der Waals surface area (Å²) < 4.78 is 3.06. The van der Waals surface area contributed by atoms with Crippen LogP contribution in [0.1, 0.15) is 23.4 Å². The zero-order valence-electron chi connectivity index (χ0n) is 16.3. The molecule has 150 valence electrons. The molecule has 1 aliphatic rings. The van der Waals surface area contributed by atoms with E-state index >= 15 is 0 Å². The third-order valence-electron chi connectivity index (χ3n) is 5.94. The first-order chi connectivity index (χ1) is 14.7. The summed E-state index contributed by atoms with van der Waals surface area (Å²) in [5.74, 6) is 1.71. The lowest BCUT2D eigenvalue weighted by Crippen LogP contribution is -2.40. The summed E-state index contributed by atoms with van der Waals surface area (Å²) >= 11 is 3.48. The third kappa shape index (κ3) is 3.26. The van der Waals surface area contributed by atoms with Crippen molar-refractivity contribution in [2.75, 3.05) is 0 Å². The predicted molar refractivity (Wildman–Crippen MR) is 119 cm³/mol. The molecule has 3 heterocycles. The molecule has 4 aromatic rings. The molecule has 0 radical (unpaired) electrons. The van der Waals surface area contributed by atoms with E-state index in [0.29, 0.717) is 6.42 Å². The molecule has 0 spiro atoms. The van der Waals surface area contributed by atoms with Crippen molar-refractivity contribution < 1.29 is 5.11 Å². The molecule has 0 amide bonds. The lowest BCUT2D eigenvalue weighted by Gasteiger charge is -2.39. The van der Waals surface area contributed by atoms with Crippen LogP contribution >= 0.6 is 15.9 Å². The average molecular weight is 461 g/mol. The molecule has 5 rings (SSSR count). The van der Waals surface area contributed by atoms with Gasteiger partial charge in [-0.2, -0.15) is 0 Å². The summed E-state index contributed by atoms with van der Waals surface area (Å²) in [7, 11) is 0. The number of rotatable bonds is 4. The summed E-state index contributed by atoms with van der Waals surface area (Å²) in [5, 5.41) is 21.0. The van der Waals surface area contributed by atoms with Crippen LogP contribution in [0.5, 0.6) is 0 Å². The van der Waals surface area contributed by atoms with E-state index < -0.39 is 5.60 Å². The van der Waals surface area contributed by atoms with E-state index in [4.69, 9.17) is 0 Å². The Morgan fingerprint density at radius 3 is 2.23 bits per heavy atom. The molecule has 0 aliphatic carbocycles. The Morgan fingerprint density at radius 2 is 1.60 bits per heavy atom. The van der Waals surface area contributed by atoms with Gasteiger partial charge in [-0.3, -0.25) is 4.98 Å². The number of aliphatic hydroxyl groups is 1. The van der Waals surface area contributed by atoms with Crippen molar-refractivity contribution in [2.24, 2.45) is 5.92 Å². The molecule has 6 heteroatoms. The number of halogens is 1. The Morgan fingerprint density at radius 1 is 0.933 bits per heavy atom. The third-order valence-corrected chi connectivity index (χ3v) is 6.37. The highest BCUT2D eigenvalue weighted by molar-refractivity contribution is 9.10. The van der Waals surface area contributed by atoms with Crippen LogP contribution in [0.2, 0.25) is 0 Å². The van der Waals surface area contributed by atoms with Crippen molar-refractivity contribution in [2.45, 2.75) is 25.0 Å². The molecule has 1 aliphatic heterocycles. The summed E-state index contributed by atoms with van der Waals surface area (Å²) in [4.78, 5) is 4.25. The number of hydrogen-bond acceptors (Lipinski definition) is 4. The SMILES string of the molecule is OC(c1ccccc1)(c1ccccc1)C1CCn2c(nnc2-c2cncc(Br)c2)C1. The molecule has 0 bridgehead atoms. The van der Waals surface area contributed by atoms with Crippen molar-refractivity contribution in [1.82, 2.24) is 19.7 Å². The van der Waals surface area contributed by atoms with Gasteiger partial charge in [-0.05, 0) is 39.5 Å². The van der Waals surface area contributed by atoms with Crippen LogP contribution < -0.4 is 0 Å². The van der Waals surface area contributed by atoms with Crippen LogP contribution in [-0.4, -0.2) is 24.9 Å². The monoisotopic (exact) mass is 460 g/mol. The minimum absolute atomic E-state index is 0.00696. The maximum atomic E-state index is 12.1. The van der Waals surface area contributed by atoms with Gasteiger partial charge in [0, 0.05) is 41.3 Å². The minimum atomic E-state index is -1.09. The van der Waals surface area contributed by atoms with Crippen LogP contribution in [0.15, 0.2) is 83.6 Å². The van der Waals surface area contributed by atoms with Gasteiger partial charge in [0.15, 0.2) is 5.82 Å². The Labute approximate surface area is 183 Å². The first-order valence-corrected chi connectivity index (χ1v) is 10.8. The zero-order chi connectivity index (χ0) is 20.6. The average Bonchev–Trinajstić information content (AvgIpc) is 3.23. The van der Waals surface area contributed by atoms with E-state index in [9.17, 15) is 5.11 Å². The van der Waals surface area contributed by atoms with E-state index in [1.54, 1.807) is 12.4 Å². The standard InChI is InChI=1S/C24H21BrN4O/c25-21-13-17(15-26-16-21)23-28-27-22-14-20(11-12-29(22)23)24(30,18-7-3-1-4-8-18)19-9-5-2-6-10-19/h1-10,13,15-16,20,30H,11-12,14H2. The first kappa shape index (κ1) is 19.2. The number of nitrogens with zero attached hydrogens (tertiary/aromatic N) is 4. The smallest absolute Gasteiger partial charge is 0.165 e. The number of pyridine rings is 1. The highest BCUT2D eigenvalue weighted by Crippen LogP contribution is 2.42. The van der Waals surface area contributed by atoms with Gasteiger partial charge in [0.1, 0.15) is 11.4 Å². The number of fused-ring (bicyclic) bond motifs is 1. The van der Waals surface area contributed by atoms with E-state index in [-0.39, 0.29) is 5.92 Å². The summed E-state index contributed by atoms with van der Waals surface area (Å²) in [6.07, 6.45) is 5.03. The molecular weight excluding hydrogens is 440 g/mol. The van der Waals surface area contributed by atoms with Gasteiger partial charge >= 0.3 is 0 Å². The van der Waals surface area contributed by atoms with Crippen LogP contribution in [0.4, 0.5) is 0 Å². The summed E-state index contributed by atoms with van der Waals surface area (Å²) in [5.41, 5.74) is 1.66. The molecule has 1 N–H and O–H groups in total. The topological polar surface area (TPSA) is 63.8 Å². The first-order valence-electron chi connectivity index (χ1n) is 10.0. The van der Waals surface area contributed by atoms with Gasteiger partial charge in [-0.1, -0.05) is 60.7 Å². The zero-order valence-corrected chi connectivity index (χ0v) is 17.9. The Balaban J connectivity index is 1.54. The Hall–Kier alpha value is -2.83.